The van der Waals surface area contributed by atoms with Gasteiger partial charge in [-0.05, 0) is 23.8 Å². The Morgan fingerprint density at radius 2 is 1.96 bits per heavy atom. The van der Waals surface area contributed by atoms with Crippen LogP contribution in [-0.2, 0) is 24.9 Å². The number of rotatable bonds is 5. The van der Waals surface area contributed by atoms with E-state index in [2.05, 4.69) is 10.4 Å². The molecule has 7 heteroatoms. The van der Waals surface area contributed by atoms with Gasteiger partial charge in [0.15, 0.2) is 0 Å². The van der Waals surface area contributed by atoms with Crippen molar-refractivity contribution >= 4 is 27.7 Å². The van der Waals surface area contributed by atoms with E-state index in [1.807, 2.05) is 48.5 Å². The molecule has 0 aliphatic heterocycles. The van der Waals surface area contributed by atoms with Crippen molar-refractivity contribution in [3.8, 4) is 5.75 Å². The van der Waals surface area contributed by atoms with Crippen molar-refractivity contribution in [1.29, 1.82) is 0 Å². The second kappa shape index (κ2) is 7.19. The average Bonchev–Trinajstić information content (AvgIpc) is 3.03. The number of carbonyl (C=O) groups is 1. The number of nitrogens with zero attached hydrogens (tertiary/aromatic N) is 3. The van der Waals surface area contributed by atoms with Gasteiger partial charge in [0.05, 0.1) is 13.3 Å². The van der Waals surface area contributed by atoms with Crippen molar-refractivity contribution in [3.63, 3.8) is 0 Å². The predicted octanol–water partition coefficient (Wildman–Crippen LogP) is 2.21. The zero-order valence-corrected chi connectivity index (χ0v) is 15.7. The van der Waals surface area contributed by atoms with Gasteiger partial charge in [0.2, 0.25) is 5.91 Å². The second-order valence-corrected chi connectivity index (χ2v) is 6.57. The number of hydrogen-bond acceptors (Lipinski definition) is 4. The van der Waals surface area contributed by atoms with Crippen LogP contribution in [0.4, 0.5) is 0 Å². The molecule has 2 heterocycles. The molecule has 4 rings (SSSR count). The summed E-state index contributed by atoms with van der Waals surface area (Å²) in [5.41, 5.74) is 2.03. The number of aryl methyl sites for hydroxylation is 1. The number of ether oxygens (including phenoxy) is 1. The molecule has 2 aromatic carbocycles. The zero-order chi connectivity index (χ0) is 19.7. The standard InChI is InChI=1S/C21H20N4O3/c1-24-21(27)20-17(12-23-24)16-8-3-4-9-18(16)25(20)13-19(26)22-11-14-6-5-7-15(10-14)28-2/h3-10,12H,11,13H2,1-2H3,(H,22,26). The lowest BCUT2D eigenvalue weighted by Gasteiger charge is -2.09. The maximum absolute atomic E-state index is 12.7. The lowest BCUT2D eigenvalue weighted by atomic mass is 10.2. The number of para-hydroxylation sites is 1. The first-order chi connectivity index (χ1) is 13.6. The first-order valence-corrected chi connectivity index (χ1v) is 8.91. The maximum atomic E-state index is 12.7. The van der Waals surface area contributed by atoms with Crippen molar-refractivity contribution in [2.75, 3.05) is 7.11 Å². The average molecular weight is 376 g/mol. The number of benzene rings is 2. The molecule has 0 atom stereocenters. The van der Waals surface area contributed by atoms with Crippen molar-refractivity contribution in [2.45, 2.75) is 13.1 Å². The lowest BCUT2D eigenvalue weighted by Crippen LogP contribution is -2.29. The highest BCUT2D eigenvalue weighted by atomic mass is 16.5. The summed E-state index contributed by atoms with van der Waals surface area (Å²) < 4.78 is 8.25. The molecule has 4 aromatic rings. The monoisotopic (exact) mass is 376 g/mol. The molecule has 1 amide bonds. The summed E-state index contributed by atoms with van der Waals surface area (Å²) in [4.78, 5) is 25.3. The van der Waals surface area contributed by atoms with Gasteiger partial charge < -0.3 is 14.6 Å². The highest BCUT2D eigenvalue weighted by Crippen LogP contribution is 2.26. The van der Waals surface area contributed by atoms with E-state index >= 15 is 0 Å². The van der Waals surface area contributed by atoms with E-state index in [9.17, 15) is 9.59 Å². The fourth-order valence-corrected chi connectivity index (χ4v) is 3.39. The lowest BCUT2D eigenvalue weighted by molar-refractivity contribution is -0.121. The number of methoxy groups -OCH3 is 1. The third-order valence-electron chi connectivity index (χ3n) is 4.79. The summed E-state index contributed by atoms with van der Waals surface area (Å²) in [6.45, 7) is 0.431. The maximum Gasteiger partial charge on any atom is 0.291 e. The Morgan fingerprint density at radius 3 is 2.79 bits per heavy atom. The van der Waals surface area contributed by atoms with Crippen molar-refractivity contribution in [2.24, 2.45) is 7.05 Å². The van der Waals surface area contributed by atoms with Gasteiger partial charge in [-0.3, -0.25) is 9.59 Å². The molecule has 0 unspecified atom stereocenters. The van der Waals surface area contributed by atoms with Gasteiger partial charge in [0.1, 0.15) is 17.8 Å². The van der Waals surface area contributed by atoms with Gasteiger partial charge in [-0.25, -0.2) is 4.68 Å². The van der Waals surface area contributed by atoms with E-state index in [0.717, 1.165) is 27.6 Å². The minimum absolute atomic E-state index is 0.0488. The Balaban J connectivity index is 1.65. The molecular weight excluding hydrogens is 356 g/mol. The van der Waals surface area contributed by atoms with E-state index in [4.69, 9.17) is 4.74 Å². The first kappa shape index (κ1) is 17.8. The highest BCUT2D eigenvalue weighted by Gasteiger charge is 2.16. The molecule has 1 N–H and O–H groups in total. The molecule has 0 fully saturated rings. The summed E-state index contributed by atoms with van der Waals surface area (Å²) in [6.07, 6.45) is 1.67. The molecule has 0 spiro atoms. The minimum Gasteiger partial charge on any atom is -0.497 e. The number of hydrogen-bond donors (Lipinski definition) is 1. The molecule has 0 saturated heterocycles. The second-order valence-electron chi connectivity index (χ2n) is 6.57. The number of amides is 1. The highest BCUT2D eigenvalue weighted by molar-refractivity contribution is 6.07. The fourth-order valence-electron chi connectivity index (χ4n) is 3.39. The van der Waals surface area contributed by atoms with Crippen LogP contribution in [0.1, 0.15) is 5.56 Å². The van der Waals surface area contributed by atoms with E-state index in [-0.39, 0.29) is 18.0 Å². The van der Waals surface area contributed by atoms with Crippen LogP contribution in [0.3, 0.4) is 0 Å². The van der Waals surface area contributed by atoms with Crippen LogP contribution < -0.4 is 15.6 Å². The SMILES string of the molecule is COc1cccc(CNC(=O)Cn2c3ccccc3c3cnn(C)c(=O)c32)c1. The first-order valence-electron chi connectivity index (χ1n) is 8.91. The van der Waals surface area contributed by atoms with E-state index in [1.165, 1.54) is 4.68 Å². The third-order valence-corrected chi connectivity index (χ3v) is 4.79. The Bertz CT molecular complexity index is 1240. The molecule has 142 valence electrons. The normalized spacial score (nSPS) is 11.1. The summed E-state index contributed by atoms with van der Waals surface area (Å²) in [5, 5.41) is 8.69. The van der Waals surface area contributed by atoms with Gasteiger partial charge in [-0.15, -0.1) is 0 Å². The Hall–Kier alpha value is -3.61. The van der Waals surface area contributed by atoms with Gasteiger partial charge in [0.25, 0.3) is 5.56 Å². The molecule has 2 aromatic heterocycles. The number of aromatic nitrogens is 3. The van der Waals surface area contributed by atoms with Crippen LogP contribution in [0.2, 0.25) is 0 Å². The predicted molar refractivity (Wildman–Crippen MR) is 107 cm³/mol. The molecule has 0 aliphatic rings. The smallest absolute Gasteiger partial charge is 0.291 e. The summed E-state index contributed by atoms with van der Waals surface area (Å²) in [7, 11) is 3.21. The third kappa shape index (κ3) is 3.11. The van der Waals surface area contributed by atoms with Gasteiger partial charge in [-0.1, -0.05) is 30.3 Å². The summed E-state index contributed by atoms with van der Waals surface area (Å²) >= 11 is 0. The number of fused-ring (bicyclic) bond motifs is 3. The summed E-state index contributed by atoms with van der Waals surface area (Å²) in [5.74, 6) is 0.564. The Morgan fingerprint density at radius 1 is 1.14 bits per heavy atom. The van der Waals surface area contributed by atoms with Crippen molar-refractivity contribution in [1.82, 2.24) is 19.7 Å². The van der Waals surface area contributed by atoms with Crippen molar-refractivity contribution in [3.05, 3.63) is 70.6 Å². The molecule has 0 aliphatic carbocycles. The Labute approximate surface area is 161 Å². The van der Waals surface area contributed by atoms with Crippen LogP contribution in [0, 0.1) is 0 Å². The fraction of sp³-hybridized carbons (Fsp3) is 0.190. The Kier molecular flexibility index (Phi) is 4.57. The molecule has 0 saturated carbocycles. The minimum atomic E-state index is -0.228. The molecule has 0 radical (unpaired) electrons. The van der Waals surface area contributed by atoms with Gasteiger partial charge in [-0.2, -0.15) is 5.10 Å². The van der Waals surface area contributed by atoms with Gasteiger partial charge >= 0.3 is 0 Å². The largest absolute Gasteiger partial charge is 0.497 e. The quantitative estimate of drug-likeness (QED) is 0.579. The topological polar surface area (TPSA) is 78.2 Å². The van der Waals surface area contributed by atoms with E-state index in [0.29, 0.717) is 12.1 Å². The summed E-state index contributed by atoms with van der Waals surface area (Å²) in [6, 6.07) is 15.2. The zero-order valence-electron chi connectivity index (χ0n) is 15.7. The van der Waals surface area contributed by atoms with Gasteiger partial charge in [0, 0.05) is 29.9 Å². The molecular formula is C21H20N4O3. The van der Waals surface area contributed by atoms with Crippen LogP contribution in [0.15, 0.2) is 59.5 Å². The van der Waals surface area contributed by atoms with Crippen LogP contribution >= 0.6 is 0 Å². The van der Waals surface area contributed by atoms with Crippen LogP contribution in [-0.4, -0.2) is 27.4 Å². The van der Waals surface area contributed by atoms with E-state index < -0.39 is 0 Å². The van der Waals surface area contributed by atoms with Crippen molar-refractivity contribution < 1.29 is 9.53 Å². The molecule has 7 nitrogen and oxygen atoms in total. The van der Waals surface area contributed by atoms with Crippen LogP contribution in [0.25, 0.3) is 21.8 Å². The molecule has 0 bridgehead atoms. The molecule has 28 heavy (non-hydrogen) atoms. The number of carbonyl (C=O) groups excluding carboxylic acids is 1. The number of nitrogens with one attached hydrogen (secondary N) is 1. The van der Waals surface area contributed by atoms with Crippen LogP contribution in [0.5, 0.6) is 5.75 Å². The van der Waals surface area contributed by atoms with E-state index in [1.54, 1.807) is 24.9 Å².